The maximum Gasteiger partial charge on any atom is 0.310 e. The van der Waals surface area contributed by atoms with Crippen molar-refractivity contribution >= 4 is 29.1 Å². The van der Waals surface area contributed by atoms with Gasteiger partial charge in [0.05, 0.1) is 12.5 Å². The van der Waals surface area contributed by atoms with Gasteiger partial charge in [0.25, 0.3) is 0 Å². The lowest BCUT2D eigenvalue weighted by atomic mass is 10.2. The van der Waals surface area contributed by atoms with Crippen molar-refractivity contribution in [1.82, 2.24) is 9.97 Å². The molecule has 1 aromatic rings. The van der Waals surface area contributed by atoms with Crippen molar-refractivity contribution in [2.75, 3.05) is 30.8 Å². The molecule has 0 aliphatic carbocycles. The van der Waals surface area contributed by atoms with E-state index >= 15 is 0 Å². The number of hydrogen-bond acceptors (Lipinski definition) is 6. The number of esters is 1. The second kappa shape index (κ2) is 7.00. The Morgan fingerprint density at radius 2 is 2.28 bits per heavy atom. The van der Waals surface area contributed by atoms with E-state index in [4.69, 9.17) is 16.3 Å². The number of rotatable bonds is 6. The first-order valence-electron chi connectivity index (χ1n) is 5.68. The van der Waals surface area contributed by atoms with Crippen LogP contribution in [0.25, 0.3) is 0 Å². The van der Waals surface area contributed by atoms with E-state index in [1.165, 1.54) is 6.33 Å². The molecule has 2 N–H and O–H groups in total. The lowest BCUT2D eigenvalue weighted by Crippen LogP contribution is -2.23. The molecule has 1 aromatic heterocycles. The number of carbonyl (C=O) groups is 1. The van der Waals surface area contributed by atoms with Crippen LogP contribution in [0.15, 0.2) is 6.33 Å². The first kappa shape index (κ1) is 14.5. The largest absolute Gasteiger partial charge is 0.466 e. The van der Waals surface area contributed by atoms with E-state index in [0.29, 0.717) is 29.8 Å². The lowest BCUT2D eigenvalue weighted by molar-refractivity contribution is -0.146. The molecule has 0 saturated carbocycles. The molecular weight excluding hydrogens is 256 g/mol. The molecule has 7 heteroatoms. The molecule has 0 aliphatic rings. The summed E-state index contributed by atoms with van der Waals surface area (Å²) >= 11 is 5.91. The number of carbonyl (C=O) groups excluding carboxylic acids is 1. The molecule has 0 fully saturated rings. The smallest absolute Gasteiger partial charge is 0.310 e. The molecular formula is C11H17ClN4O2. The number of anilines is 2. The monoisotopic (exact) mass is 272 g/mol. The van der Waals surface area contributed by atoms with Crippen LogP contribution >= 0.6 is 11.6 Å². The minimum Gasteiger partial charge on any atom is -0.466 e. The molecule has 0 spiro atoms. The van der Waals surface area contributed by atoms with Crippen molar-refractivity contribution < 1.29 is 9.53 Å². The summed E-state index contributed by atoms with van der Waals surface area (Å²) in [6.45, 7) is 4.36. The summed E-state index contributed by atoms with van der Waals surface area (Å²) in [5.41, 5.74) is 0.607. The number of halogens is 1. The average molecular weight is 273 g/mol. The second-order valence-electron chi connectivity index (χ2n) is 3.67. The fraction of sp³-hybridized carbons (Fsp3) is 0.545. The second-order valence-corrected chi connectivity index (χ2v) is 4.03. The number of nitrogens with one attached hydrogen (secondary N) is 2. The molecule has 18 heavy (non-hydrogen) atoms. The van der Waals surface area contributed by atoms with Gasteiger partial charge >= 0.3 is 5.97 Å². The summed E-state index contributed by atoms with van der Waals surface area (Å²) in [5, 5.41) is 6.28. The molecule has 1 atom stereocenters. The highest BCUT2D eigenvalue weighted by Gasteiger charge is 2.15. The average Bonchev–Trinajstić information content (AvgIpc) is 2.36. The molecule has 0 aromatic carbocycles. The van der Waals surface area contributed by atoms with Crippen LogP contribution in [-0.4, -0.2) is 36.1 Å². The van der Waals surface area contributed by atoms with Crippen LogP contribution in [0.4, 0.5) is 11.5 Å². The van der Waals surface area contributed by atoms with Crippen molar-refractivity contribution in [3.8, 4) is 0 Å². The van der Waals surface area contributed by atoms with Crippen molar-refractivity contribution in [2.24, 2.45) is 5.92 Å². The van der Waals surface area contributed by atoms with Gasteiger partial charge in [-0.15, -0.1) is 0 Å². The number of hydrogen-bond donors (Lipinski definition) is 2. The van der Waals surface area contributed by atoms with Crippen molar-refractivity contribution in [3.05, 3.63) is 11.5 Å². The third-order valence-electron chi connectivity index (χ3n) is 2.32. The molecule has 1 unspecified atom stereocenters. The van der Waals surface area contributed by atoms with Gasteiger partial charge in [0, 0.05) is 13.6 Å². The molecule has 1 rings (SSSR count). The van der Waals surface area contributed by atoms with Crippen LogP contribution in [0.1, 0.15) is 13.8 Å². The van der Waals surface area contributed by atoms with Gasteiger partial charge in [-0.05, 0) is 6.92 Å². The van der Waals surface area contributed by atoms with Gasteiger partial charge in [0.2, 0.25) is 0 Å². The summed E-state index contributed by atoms with van der Waals surface area (Å²) < 4.78 is 4.92. The van der Waals surface area contributed by atoms with Gasteiger partial charge in [-0.2, -0.15) is 0 Å². The number of nitrogens with zero attached hydrogens (tertiary/aromatic N) is 2. The molecule has 0 aliphatic heterocycles. The predicted molar refractivity (Wildman–Crippen MR) is 70.9 cm³/mol. The Kier molecular flexibility index (Phi) is 5.64. The van der Waals surface area contributed by atoms with E-state index in [-0.39, 0.29) is 11.9 Å². The topological polar surface area (TPSA) is 76.1 Å². The Hall–Kier alpha value is -1.56. The zero-order valence-electron chi connectivity index (χ0n) is 10.7. The van der Waals surface area contributed by atoms with E-state index in [1.54, 1.807) is 20.9 Å². The van der Waals surface area contributed by atoms with Crippen molar-refractivity contribution in [1.29, 1.82) is 0 Å². The van der Waals surface area contributed by atoms with E-state index in [1.807, 2.05) is 0 Å². The standard InChI is InChI=1S/C11H17ClN4O2/c1-4-18-11(17)7(2)5-14-10-8(13-3)9(12)15-6-16-10/h6-7,13H,4-5H2,1-3H3,(H,14,15,16). The van der Waals surface area contributed by atoms with Crippen LogP contribution in [0.2, 0.25) is 5.15 Å². The van der Waals surface area contributed by atoms with Gasteiger partial charge in [0.15, 0.2) is 11.0 Å². The number of ether oxygens (including phenoxy) is 1. The normalized spacial score (nSPS) is 11.8. The zero-order chi connectivity index (χ0) is 13.5. The summed E-state index contributed by atoms with van der Waals surface area (Å²) in [7, 11) is 1.73. The Morgan fingerprint density at radius 1 is 1.56 bits per heavy atom. The van der Waals surface area contributed by atoms with Crippen LogP contribution < -0.4 is 10.6 Å². The van der Waals surface area contributed by atoms with Gasteiger partial charge in [-0.25, -0.2) is 9.97 Å². The van der Waals surface area contributed by atoms with Crippen LogP contribution in [0.3, 0.4) is 0 Å². The van der Waals surface area contributed by atoms with E-state index < -0.39 is 0 Å². The Labute approximate surface area is 111 Å². The maximum atomic E-state index is 11.4. The third kappa shape index (κ3) is 3.73. The fourth-order valence-corrected chi connectivity index (χ4v) is 1.56. The maximum absolute atomic E-state index is 11.4. The van der Waals surface area contributed by atoms with Crippen LogP contribution in [0.5, 0.6) is 0 Å². The SMILES string of the molecule is CCOC(=O)C(C)CNc1ncnc(Cl)c1NC. The molecule has 0 radical (unpaired) electrons. The third-order valence-corrected chi connectivity index (χ3v) is 2.60. The van der Waals surface area contributed by atoms with Gasteiger partial charge < -0.3 is 15.4 Å². The summed E-state index contributed by atoms with van der Waals surface area (Å²) in [4.78, 5) is 19.4. The summed E-state index contributed by atoms with van der Waals surface area (Å²) in [6, 6.07) is 0. The summed E-state index contributed by atoms with van der Waals surface area (Å²) in [5.74, 6) is 0.0632. The highest BCUT2D eigenvalue weighted by atomic mass is 35.5. The highest BCUT2D eigenvalue weighted by Crippen LogP contribution is 2.25. The zero-order valence-corrected chi connectivity index (χ0v) is 11.4. The van der Waals surface area contributed by atoms with Gasteiger partial charge in [-0.3, -0.25) is 4.79 Å². The number of aromatic nitrogens is 2. The lowest BCUT2D eigenvalue weighted by Gasteiger charge is -2.14. The molecule has 0 saturated heterocycles. The van der Waals surface area contributed by atoms with Gasteiger partial charge in [0.1, 0.15) is 12.0 Å². The predicted octanol–water partition coefficient (Wildman–Crippen LogP) is 1.78. The van der Waals surface area contributed by atoms with E-state index in [2.05, 4.69) is 20.6 Å². The van der Waals surface area contributed by atoms with Gasteiger partial charge in [-0.1, -0.05) is 18.5 Å². The minimum absolute atomic E-state index is 0.240. The van der Waals surface area contributed by atoms with Crippen LogP contribution in [-0.2, 0) is 9.53 Å². The van der Waals surface area contributed by atoms with E-state index in [9.17, 15) is 4.79 Å². The molecule has 100 valence electrons. The summed E-state index contributed by atoms with van der Waals surface area (Å²) in [6.07, 6.45) is 1.36. The van der Waals surface area contributed by atoms with Crippen LogP contribution in [0, 0.1) is 5.92 Å². The first-order chi connectivity index (χ1) is 8.60. The molecule has 1 heterocycles. The molecule has 0 bridgehead atoms. The molecule has 0 amide bonds. The quantitative estimate of drug-likeness (QED) is 0.607. The Bertz CT molecular complexity index is 414. The highest BCUT2D eigenvalue weighted by molar-refractivity contribution is 6.32. The Balaban J connectivity index is 2.63. The minimum atomic E-state index is -0.261. The Morgan fingerprint density at radius 3 is 2.89 bits per heavy atom. The van der Waals surface area contributed by atoms with E-state index in [0.717, 1.165) is 0 Å². The fourth-order valence-electron chi connectivity index (χ4n) is 1.34. The molecule has 6 nitrogen and oxygen atoms in total. The van der Waals surface area contributed by atoms with Crippen molar-refractivity contribution in [3.63, 3.8) is 0 Å². The first-order valence-corrected chi connectivity index (χ1v) is 6.06. The van der Waals surface area contributed by atoms with Crippen molar-refractivity contribution in [2.45, 2.75) is 13.8 Å².